The van der Waals surface area contributed by atoms with Crippen LogP contribution in [-0.4, -0.2) is 68.0 Å². The number of rotatable bonds is 7. The topological polar surface area (TPSA) is 105 Å². The van der Waals surface area contributed by atoms with Crippen LogP contribution < -0.4 is 26.1 Å². The molecule has 0 radical (unpaired) electrons. The Kier molecular flexibility index (Phi) is 6.63. The number of nitrogens with one attached hydrogen (secondary N) is 1. The summed E-state index contributed by atoms with van der Waals surface area (Å²) in [5.41, 5.74) is 6.91. The largest absolute Gasteiger partial charge is 0.451 e. The fourth-order valence-corrected chi connectivity index (χ4v) is 5.43. The second-order valence-electron chi connectivity index (χ2n) is 10.5. The van der Waals surface area contributed by atoms with Crippen molar-refractivity contribution >= 4 is 39.6 Å². The van der Waals surface area contributed by atoms with Gasteiger partial charge in [-0.2, -0.15) is 0 Å². The summed E-state index contributed by atoms with van der Waals surface area (Å²) < 4.78 is 24.0. The number of hydrogen-bond donors (Lipinski definition) is 2. The Bertz CT molecular complexity index is 1730. The molecule has 0 bridgehead atoms. The number of amides is 1. The summed E-state index contributed by atoms with van der Waals surface area (Å²) in [5, 5.41) is 4.83. The molecule has 1 saturated heterocycles. The second-order valence-corrected chi connectivity index (χ2v) is 10.5. The normalized spacial score (nSPS) is 16.0. The van der Waals surface area contributed by atoms with Crippen LogP contribution in [0.3, 0.4) is 0 Å². The molecule has 1 fully saturated rings. The molecule has 206 valence electrons. The predicted octanol–water partition coefficient (Wildman–Crippen LogP) is 3.64. The lowest BCUT2D eigenvalue weighted by molar-refractivity contribution is 0.0952. The monoisotopic (exact) mass is 542 g/mol. The molecule has 0 saturated carbocycles. The van der Waals surface area contributed by atoms with Crippen molar-refractivity contribution in [1.82, 2.24) is 14.8 Å². The van der Waals surface area contributed by atoms with E-state index in [-0.39, 0.29) is 28.4 Å². The molecule has 1 atom stereocenters. The molecule has 3 aromatic carbocycles. The third kappa shape index (κ3) is 4.54. The van der Waals surface area contributed by atoms with Crippen LogP contribution >= 0.6 is 0 Å². The third-order valence-corrected chi connectivity index (χ3v) is 7.32. The molecule has 1 amide bonds. The first-order chi connectivity index (χ1) is 19.3. The summed E-state index contributed by atoms with van der Waals surface area (Å²) in [6.07, 6.45) is 4.59. The van der Waals surface area contributed by atoms with Gasteiger partial charge in [-0.3, -0.25) is 14.6 Å². The lowest BCUT2D eigenvalue weighted by atomic mass is 10.0. The van der Waals surface area contributed by atoms with Gasteiger partial charge in [0.05, 0.1) is 17.4 Å². The SMILES string of the molecule is CN(C)/C=N/CCCNC(=O)c1cn2c3c(c(N4CC[C@@H](N)C4)c(F)cc3c1=O)Oc1cc3ccccc3cc1-2. The lowest BCUT2D eigenvalue weighted by Gasteiger charge is -2.29. The fraction of sp³-hybridized carbons (Fsp3) is 0.300. The highest BCUT2D eigenvalue weighted by molar-refractivity contribution is 6.02. The van der Waals surface area contributed by atoms with Crippen LogP contribution in [0.5, 0.6) is 11.5 Å². The van der Waals surface area contributed by atoms with E-state index in [0.717, 1.165) is 17.2 Å². The highest BCUT2D eigenvalue weighted by Gasteiger charge is 2.32. The van der Waals surface area contributed by atoms with E-state index in [1.54, 1.807) is 17.1 Å². The predicted molar refractivity (Wildman–Crippen MR) is 156 cm³/mol. The number of benzene rings is 3. The van der Waals surface area contributed by atoms with Gasteiger partial charge in [0.15, 0.2) is 17.3 Å². The van der Waals surface area contributed by atoms with Crippen LogP contribution in [0.1, 0.15) is 23.2 Å². The average Bonchev–Trinajstić information content (AvgIpc) is 3.36. The molecule has 6 rings (SSSR count). The summed E-state index contributed by atoms with van der Waals surface area (Å²) in [4.78, 5) is 34.8. The van der Waals surface area contributed by atoms with Gasteiger partial charge in [-0.15, -0.1) is 0 Å². The molecule has 0 aliphatic carbocycles. The van der Waals surface area contributed by atoms with Crippen molar-refractivity contribution in [2.24, 2.45) is 10.7 Å². The lowest BCUT2D eigenvalue weighted by Crippen LogP contribution is -2.32. The molecule has 9 nitrogen and oxygen atoms in total. The number of ether oxygens (including phenoxy) is 1. The minimum absolute atomic E-state index is 0.0633. The fourth-order valence-electron chi connectivity index (χ4n) is 5.43. The second kappa shape index (κ2) is 10.3. The van der Waals surface area contributed by atoms with E-state index in [2.05, 4.69) is 10.3 Å². The van der Waals surface area contributed by atoms with Crippen molar-refractivity contribution in [3.8, 4) is 17.2 Å². The van der Waals surface area contributed by atoms with Gasteiger partial charge in [0, 0.05) is 52.5 Å². The highest BCUT2D eigenvalue weighted by atomic mass is 19.1. The quantitative estimate of drug-likeness (QED) is 0.185. The number of halogens is 1. The summed E-state index contributed by atoms with van der Waals surface area (Å²) in [5.74, 6) is -0.329. The number of pyridine rings is 1. The summed E-state index contributed by atoms with van der Waals surface area (Å²) in [6, 6.07) is 12.8. The Labute approximate surface area is 230 Å². The Hall–Kier alpha value is -4.44. The Balaban J connectivity index is 1.48. The van der Waals surface area contributed by atoms with Crippen LogP contribution in [0, 0.1) is 5.82 Å². The van der Waals surface area contributed by atoms with Gasteiger partial charge in [-0.25, -0.2) is 4.39 Å². The zero-order valence-electron chi connectivity index (χ0n) is 22.5. The zero-order chi connectivity index (χ0) is 28.0. The van der Waals surface area contributed by atoms with Gasteiger partial charge in [0.25, 0.3) is 5.91 Å². The van der Waals surface area contributed by atoms with Gasteiger partial charge in [-0.05, 0) is 41.8 Å². The van der Waals surface area contributed by atoms with Crippen molar-refractivity contribution < 1.29 is 13.9 Å². The minimum atomic E-state index is -0.583. The molecular weight excluding hydrogens is 511 g/mol. The molecule has 1 aromatic heterocycles. The number of carbonyl (C=O) groups excluding carboxylic acids is 1. The average molecular weight is 543 g/mol. The van der Waals surface area contributed by atoms with E-state index in [1.165, 1.54) is 6.07 Å². The summed E-state index contributed by atoms with van der Waals surface area (Å²) in [6.45, 7) is 1.94. The zero-order valence-corrected chi connectivity index (χ0v) is 22.5. The van der Waals surface area contributed by atoms with E-state index in [9.17, 15) is 9.59 Å². The number of aliphatic imine (C=N–C) groups is 1. The van der Waals surface area contributed by atoms with E-state index >= 15 is 4.39 Å². The highest BCUT2D eigenvalue weighted by Crippen LogP contribution is 2.48. The van der Waals surface area contributed by atoms with Crippen LogP contribution in [0.15, 0.2) is 58.4 Å². The summed E-state index contributed by atoms with van der Waals surface area (Å²) >= 11 is 0. The maximum absolute atomic E-state index is 15.8. The first kappa shape index (κ1) is 25.8. The Morgan fingerprint density at radius 2 is 2.02 bits per heavy atom. The van der Waals surface area contributed by atoms with E-state index in [0.29, 0.717) is 49.6 Å². The number of nitrogens with zero attached hydrogens (tertiary/aromatic N) is 4. The molecule has 0 unspecified atom stereocenters. The number of nitrogens with two attached hydrogens (primary N) is 1. The Morgan fingerprint density at radius 1 is 1.25 bits per heavy atom. The standard InChI is InChI=1S/C30H31FN6O3/c1-35(2)17-33-9-5-10-34-30(39)22-16-37-24-12-18-6-3-4-7-19(18)13-25(24)40-29-26(37)21(28(22)38)14-23(31)27(29)36-11-8-20(32)15-36/h3-4,6-7,12-14,16-17,20H,5,8-11,15,32H2,1-2H3,(H,34,39)/b33-17+/t20-/m1/s1. The molecule has 3 N–H and O–H groups in total. The summed E-state index contributed by atoms with van der Waals surface area (Å²) in [7, 11) is 3.77. The first-order valence-corrected chi connectivity index (χ1v) is 13.4. The van der Waals surface area contributed by atoms with Crippen LogP contribution in [-0.2, 0) is 0 Å². The van der Waals surface area contributed by atoms with Gasteiger partial charge < -0.3 is 30.2 Å². The number of carbonyl (C=O) groups is 1. The Morgan fingerprint density at radius 3 is 2.75 bits per heavy atom. The molecule has 10 heteroatoms. The van der Waals surface area contributed by atoms with E-state index in [1.807, 2.05) is 60.3 Å². The van der Waals surface area contributed by atoms with E-state index < -0.39 is 17.2 Å². The first-order valence-electron chi connectivity index (χ1n) is 13.4. The van der Waals surface area contributed by atoms with Crippen molar-refractivity contribution in [2.75, 3.05) is 45.2 Å². The van der Waals surface area contributed by atoms with E-state index in [4.69, 9.17) is 10.5 Å². The minimum Gasteiger partial charge on any atom is -0.451 e. The molecule has 40 heavy (non-hydrogen) atoms. The van der Waals surface area contributed by atoms with Gasteiger partial charge in [-0.1, -0.05) is 24.3 Å². The molecule has 2 aliphatic rings. The third-order valence-electron chi connectivity index (χ3n) is 7.32. The van der Waals surface area contributed by atoms with Crippen LogP contribution in [0.4, 0.5) is 10.1 Å². The van der Waals surface area contributed by atoms with Gasteiger partial charge in [0.2, 0.25) is 5.43 Å². The van der Waals surface area contributed by atoms with Gasteiger partial charge in [0.1, 0.15) is 16.8 Å². The number of fused-ring (bicyclic) bond motifs is 3. The maximum Gasteiger partial charge on any atom is 0.256 e. The van der Waals surface area contributed by atoms with Crippen LogP contribution in [0.25, 0.3) is 27.4 Å². The van der Waals surface area contributed by atoms with Crippen molar-refractivity contribution in [3.63, 3.8) is 0 Å². The van der Waals surface area contributed by atoms with Crippen molar-refractivity contribution in [2.45, 2.75) is 18.9 Å². The van der Waals surface area contributed by atoms with Crippen molar-refractivity contribution in [1.29, 1.82) is 0 Å². The molecular formula is C30H31FN6O3. The molecule has 2 aliphatic heterocycles. The maximum atomic E-state index is 15.8. The smallest absolute Gasteiger partial charge is 0.256 e. The molecule has 3 heterocycles. The molecule has 0 spiro atoms. The molecule has 4 aromatic rings. The number of anilines is 1. The van der Waals surface area contributed by atoms with Gasteiger partial charge >= 0.3 is 0 Å². The van der Waals surface area contributed by atoms with Crippen LogP contribution in [0.2, 0.25) is 0 Å². The number of hydrogen-bond acceptors (Lipinski definition) is 6. The number of aromatic nitrogens is 1. The van der Waals surface area contributed by atoms with Crippen molar-refractivity contribution in [3.05, 3.63) is 70.3 Å².